The second kappa shape index (κ2) is 5.40. The number of hydrogen-bond acceptors (Lipinski definition) is 2. The van der Waals surface area contributed by atoms with Crippen molar-refractivity contribution < 1.29 is 18.3 Å². The summed E-state index contributed by atoms with van der Waals surface area (Å²) in [6.45, 7) is 0.151. The van der Waals surface area contributed by atoms with Gasteiger partial charge in [-0.25, -0.2) is 0 Å². The molecule has 1 fully saturated rings. The molecule has 0 radical (unpaired) electrons. The molecule has 1 aliphatic rings. The Balaban J connectivity index is 1.83. The van der Waals surface area contributed by atoms with Crippen molar-refractivity contribution in [3.05, 3.63) is 65.7 Å². The number of likely N-dealkylation sites (tertiary alicyclic amines) is 1. The molecular weight excluding hydrogens is 288 g/mol. The summed E-state index contributed by atoms with van der Waals surface area (Å²) in [6, 6.07) is 14.2. The molecule has 1 atom stereocenters. The monoisotopic (exact) mass is 303 g/mol. The Morgan fingerprint density at radius 3 is 2.32 bits per heavy atom. The first-order valence-corrected chi connectivity index (χ1v) is 6.91. The summed E-state index contributed by atoms with van der Waals surface area (Å²) >= 11 is 0. The zero-order chi connectivity index (χ0) is 15.7. The lowest BCUT2D eigenvalue weighted by Crippen LogP contribution is -2.63. The van der Waals surface area contributed by atoms with Gasteiger partial charge in [-0.1, -0.05) is 42.5 Å². The molecule has 0 spiro atoms. The Labute approximate surface area is 127 Å². The first-order valence-electron chi connectivity index (χ1n) is 6.91. The van der Waals surface area contributed by atoms with Crippen molar-refractivity contribution in [2.45, 2.75) is 18.5 Å². The van der Waals surface area contributed by atoms with Gasteiger partial charge in [-0.15, -0.1) is 0 Å². The SMILES string of the molecule is COc1ccc(CN2C(=O)C(F)(F)C2c2ccccc2)cc1. The fraction of sp³-hybridized carbons (Fsp3) is 0.235. The van der Waals surface area contributed by atoms with Gasteiger partial charge in [-0.05, 0) is 23.3 Å². The highest BCUT2D eigenvalue weighted by atomic mass is 19.3. The predicted octanol–water partition coefficient (Wildman–Crippen LogP) is 3.41. The summed E-state index contributed by atoms with van der Waals surface area (Å²) in [5, 5.41) is 0. The minimum absolute atomic E-state index is 0.151. The van der Waals surface area contributed by atoms with Crippen LogP contribution in [0.5, 0.6) is 5.75 Å². The molecule has 3 nitrogen and oxygen atoms in total. The van der Waals surface area contributed by atoms with E-state index in [2.05, 4.69) is 0 Å². The number of β-lactam (4-membered cyclic amide) rings is 1. The summed E-state index contributed by atoms with van der Waals surface area (Å²) in [5.74, 6) is -3.78. The van der Waals surface area contributed by atoms with Crippen molar-refractivity contribution in [1.82, 2.24) is 4.90 Å². The maximum atomic E-state index is 13.9. The minimum Gasteiger partial charge on any atom is -0.497 e. The number of alkyl halides is 2. The highest BCUT2D eigenvalue weighted by molar-refractivity contribution is 5.91. The molecular formula is C17H15F2NO2. The molecule has 1 saturated heterocycles. The topological polar surface area (TPSA) is 29.5 Å². The fourth-order valence-electron chi connectivity index (χ4n) is 2.67. The Morgan fingerprint density at radius 2 is 1.73 bits per heavy atom. The van der Waals surface area contributed by atoms with E-state index in [0.717, 1.165) is 5.56 Å². The fourth-order valence-corrected chi connectivity index (χ4v) is 2.67. The Kier molecular flexibility index (Phi) is 3.56. The van der Waals surface area contributed by atoms with Crippen LogP contribution >= 0.6 is 0 Å². The Hall–Kier alpha value is -2.43. The minimum atomic E-state index is -3.34. The van der Waals surface area contributed by atoms with E-state index in [1.54, 1.807) is 61.7 Å². The molecule has 3 rings (SSSR count). The smallest absolute Gasteiger partial charge is 0.348 e. The molecule has 22 heavy (non-hydrogen) atoms. The first-order chi connectivity index (χ1) is 10.5. The number of ether oxygens (including phenoxy) is 1. The van der Waals surface area contributed by atoms with E-state index in [0.29, 0.717) is 11.3 Å². The maximum absolute atomic E-state index is 13.9. The van der Waals surface area contributed by atoms with Crippen LogP contribution in [0.25, 0.3) is 0 Å². The van der Waals surface area contributed by atoms with Crippen LogP contribution in [-0.4, -0.2) is 23.8 Å². The van der Waals surface area contributed by atoms with Gasteiger partial charge >= 0.3 is 5.92 Å². The highest BCUT2D eigenvalue weighted by Gasteiger charge is 2.63. The molecule has 2 aromatic carbocycles. The lowest BCUT2D eigenvalue weighted by molar-refractivity contribution is -0.207. The van der Waals surface area contributed by atoms with Gasteiger partial charge in [0.15, 0.2) is 0 Å². The number of nitrogens with zero attached hydrogens (tertiary/aromatic N) is 1. The van der Waals surface area contributed by atoms with E-state index in [1.807, 2.05) is 0 Å². The van der Waals surface area contributed by atoms with Crippen molar-refractivity contribution in [1.29, 1.82) is 0 Å². The normalized spacial score (nSPS) is 19.7. The third-order valence-electron chi connectivity index (χ3n) is 3.83. The largest absolute Gasteiger partial charge is 0.497 e. The molecule has 1 aliphatic heterocycles. The van der Waals surface area contributed by atoms with Gasteiger partial charge in [0.1, 0.15) is 11.8 Å². The molecule has 1 heterocycles. The van der Waals surface area contributed by atoms with E-state index in [9.17, 15) is 13.6 Å². The van der Waals surface area contributed by atoms with Gasteiger partial charge in [-0.2, -0.15) is 8.78 Å². The van der Waals surface area contributed by atoms with Crippen molar-refractivity contribution in [2.75, 3.05) is 7.11 Å². The second-order valence-corrected chi connectivity index (χ2v) is 5.22. The molecule has 5 heteroatoms. The van der Waals surface area contributed by atoms with Gasteiger partial charge in [0.2, 0.25) is 0 Å². The number of methoxy groups -OCH3 is 1. The maximum Gasteiger partial charge on any atom is 0.348 e. The molecule has 0 aromatic heterocycles. The predicted molar refractivity (Wildman–Crippen MR) is 77.7 cm³/mol. The number of benzene rings is 2. The lowest BCUT2D eigenvalue weighted by atomic mass is 9.89. The number of carbonyl (C=O) groups excluding carboxylic acids is 1. The third kappa shape index (κ3) is 2.32. The molecule has 0 N–H and O–H groups in total. The average Bonchev–Trinajstić information content (AvgIpc) is 2.55. The Morgan fingerprint density at radius 1 is 1.09 bits per heavy atom. The molecule has 0 saturated carbocycles. The zero-order valence-electron chi connectivity index (χ0n) is 12.0. The van der Waals surface area contributed by atoms with Crippen molar-refractivity contribution >= 4 is 5.91 Å². The number of hydrogen-bond donors (Lipinski definition) is 0. The standard InChI is InChI=1S/C17H15F2NO2/c1-22-14-9-7-12(8-10-14)11-20-15(17(18,19)16(20)21)13-5-3-2-4-6-13/h2-10,15H,11H2,1H3. The third-order valence-corrected chi connectivity index (χ3v) is 3.83. The van der Waals surface area contributed by atoms with Crippen molar-refractivity contribution in [2.24, 2.45) is 0 Å². The van der Waals surface area contributed by atoms with Crippen LogP contribution in [0.1, 0.15) is 17.2 Å². The summed E-state index contributed by atoms with van der Waals surface area (Å²) in [6.07, 6.45) is 0. The van der Waals surface area contributed by atoms with Crippen LogP contribution in [0.15, 0.2) is 54.6 Å². The molecule has 2 aromatic rings. The van der Waals surface area contributed by atoms with Crippen LogP contribution in [0.2, 0.25) is 0 Å². The van der Waals surface area contributed by atoms with Crippen LogP contribution in [-0.2, 0) is 11.3 Å². The van der Waals surface area contributed by atoms with Gasteiger partial charge in [0.05, 0.1) is 7.11 Å². The van der Waals surface area contributed by atoms with Crippen molar-refractivity contribution in [3.8, 4) is 5.75 Å². The van der Waals surface area contributed by atoms with Gasteiger partial charge in [-0.3, -0.25) is 4.79 Å². The van der Waals surface area contributed by atoms with E-state index < -0.39 is 17.9 Å². The molecule has 0 bridgehead atoms. The van der Waals surface area contributed by atoms with E-state index in [-0.39, 0.29) is 6.54 Å². The number of rotatable bonds is 4. The number of halogens is 2. The van der Waals surface area contributed by atoms with Crippen LogP contribution < -0.4 is 4.74 Å². The molecule has 114 valence electrons. The molecule has 1 amide bonds. The second-order valence-electron chi connectivity index (χ2n) is 5.22. The summed E-state index contributed by atoms with van der Waals surface area (Å²) in [5.41, 5.74) is 1.23. The van der Waals surface area contributed by atoms with E-state index in [4.69, 9.17) is 4.74 Å². The molecule has 0 aliphatic carbocycles. The number of amides is 1. The zero-order valence-corrected chi connectivity index (χ0v) is 12.0. The van der Waals surface area contributed by atoms with Gasteiger partial charge < -0.3 is 9.64 Å². The lowest BCUT2D eigenvalue weighted by Gasteiger charge is -2.46. The summed E-state index contributed by atoms with van der Waals surface area (Å²) in [4.78, 5) is 13.0. The van der Waals surface area contributed by atoms with E-state index in [1.165, 1.54) is 4.90 Å². The summed E-state index contributed by atoms with van der Waals surface area (Å²) in [7, 11) is 1.56. The number of carbonyl (C=O) groups is 1. The van der Waals surface area contributed by atoms with Gasteiger partial charge in [0, 0.05) is 6.54 Å². The van der Waals surface area contributed by atoms with Crippen LogP contribution in [0.4, 0.5) is 8.78 Å². The average molecular weight is 303 g/mol. The Bertz CT molecular complexity index is 671. The first kappa shape index (κ1) is 14.5. The highest BCUT2D eigenvalue weighted by Crippen LogP contribution is 2.47. The van der Waals surface area contributed by atoms with E-state index >= 15 is 0 Å². The van der Waals surface area contributed by atoms with Crippen LogP contribution in [0.3, 0.4) is 0 Å². The molecule has 1 unspecified atom stereocenters. The van der Waals surface area contributed by atoms with Crippen molar-refractivity contribution in [3.63, 3.8) is 0 Å². The summed E-state index contributed by atoms with van der Waals surface area (Å²) < 4.78 is 32.9. The van der Waals surface area contributed by atoms with Crippen LogP contribution in [0, 0.1) is 0 Å². The van der Waals surface area contributed by atoms with Gasteiger partial charge in [0.25, 0.3) is 5.91 Å². The quantitative estimate of drug-likeness (QED) is 0.810.